The van der Waals surface area contributed by atoms with Gasteiger partial charge >= 0.3 is 0 Å². The molecule has 1 aromatic heterocycles. The molecule has 1 aliphatic heterocycles. The molecule has 0 fully saturated rings. The van der Waals surface area contributed by atoms with Crippen molar-refractivity contribution in [2.75, 3.05) is 13.1 Å². The van der Waals surface area contributed by atoms with Gasteiger partial charge in [0.25, 0.3) is 5.91 Å². The van der Waals surface area contributed by atoms with Crippen molar-refractivity contribution < 1.29 is 9.53 Å². The lowest BCUT2D eigenvalue weighted by Gasteiger charge is -2.28. The lowest BCUT2D eigenvalue weighted by Crippen LogP contribution is -2.32. The summed E-state index contributed by atoms with van der Waals surface area (Å²) in [4.78, 5) is 18.9. The molecule has 5 nitrogen and oxygen atoms in total. The number of hydrogen-bond donors (Lipinski definition) is 1. The quantitative estimate of drug-likeness (QED) is 0.540. The van der Waals surface area contributed by atoms with E-state index < -0.39 is 0 Å². The second-order valence-electron chi connectivity index (χ2n) is 7.53. The zero-order valence-corrected chi connectivity index (χ0v) is 17.4. The number of hydrogen-bond acceptors (Lipinski definition) is 4. The molecule has 1 aromatic carbocycles. The molecule has 2 aromatic rings. The Morgan fingerprint density at radius 1 is 1.27 bits per heavy atom. The zero-order valence-electron chi connectivity index (χ0n) is 17.4. The molecule has 0 bridgehead atoms. The average Bonchev–Trinajstić information content (AvgIpc) is 2.74. The maximum absolute atomic E-state index is 12.2. The Kier molecular flexibility index (Phi) is 7.49. The second-order valence-corrected chi connectivity index (χ2v) is 7.53. The number of carbonyl (C=O) groups is 1. The van der Waals surface area contributed by atoms with Gasteiger partial charge in [0.1, 0.15) is 5.75 Å². The summed E-state index contributed by atoms with van der Waals surface area (Å²) in [6.07, 6.45) is 15.5. The molecule has 3 rings (SSSR count). The molecular formula is C25H27N3O2. The molecule has 1 atom stereocenters. The van der Waals surface area contributed by atoms with Crippen molar-refractivity contribution >= 4 is 5.91 Å². The van der Waals surface area contributed by atoms with Crippen molar-refractivity contribution in [3.05, 3.63) is 53.2 Å². The third-order valence-electron chi connectivity index (χ3n) is 5.09. The summed E-state index contributed by atoms with van der Waals surface area (Å²) in [5.41, 5.74) is 3.11. The SMILES string of the molecule is C#CCCCN1CCc2cc(Oc3ccc(C(=O)NC(C)CC#C)cn3)ccc2C1. The fourth-order valence-electron chi connectivity index (χ4n) is 3.48. The van der Waals surface area contributed by atoms with E-state index in [2.05, 4.69) is 39.2 Å². The minimum Gasteiger partial charge on any atom is -0.439 e. The highest BCUT2D eigenvalue weighted by atomic mass is 16.5. The van der Waals surface area contributed by atoms with Crippen LogP contribution in [0.1, 0.15) is 47.7 Å². The van der Waals surface area contributed by atoms with Crippen molar-refractivity contribution in [3.63, 3.8) is 0 Å². The summed E-state index contributed by atoms with van der Waals surface area (Å²) in [6, 6.07) is 9.49. The van der Waals surface area contributed by atoms with Crippen LogP contribution < -0.4 is 10.1 Å². The van der Waals surface area contributed by atoms with Gasteiger partial charge in [-0.25, -0.2) is 4.98 Å². The number of ether oxygens (including phenoxy) is 1. The average molecular weight is 402 g/mol. The number of nitrogens with one attached hydrogen (secondary N) is 1. The maximum atomic E-state index is 12.2. The third kappa shape index (κ3) is 5.86. The first-order valence-corrected chi connectivity index (χ1v) is 10.2. The molecular weight excluding hydrogens is 374 g/mol. The standard InChI is InChI=1S/C25H27N3O2/c1-4-6-7-14-28-15-13-20-16-23(11-9-22(20)18-28)30-24-12-10-21(17-26-24)25(29)27-19(3)8-5-2/h1-2,9-12,16-17,19H,6-8,13-15,18H2,3H3,(H,27,29). The van der Waals surface area contributed by atoms with Gasteiger partial charge in [-0.2, -0.15) is 0 Å². The van der Waals surface area contributed by atoms with Crippen LogP contribution in [0.5, 0.6) is 11.6 Å². The van der Waals surface area contributed by atoms with Crippen molar-refractivity contribution in [1.29, 1.82) is 0 Å². The van der Waals surface area contributed by atoms with Crippen molar-refractivity contribution in [2.24, 2.45) is 0 Å². The van der Waals surface area contributed by atoms with Crippen LogP contribution in [0.4, 0.5) is 0 Å². The van der Waals surface area contributed by atoms with Crippen molar-refractivity contribution in [1.82, 2.24) is 15.2 Å². The van der Waals surface area contributed by atoms with Crippen LogP contribution in [-0.4, -0.2) is 34.9 Å². The number of benzene rings is 1. The molecule has 0 radical (unpaired) electrons. The molecule has 0 saturated heterocycles. The molecule has 5 heteroatoms. The van der Waals surface area contributed by atoms with E-state index in [1.54, 1.807) is 12.1 Å². The number of terminal acetylenes is 2. The monoisotopic (exact) mass is 401 g/mol. The van der Waals surface area contributed by atoms with Gasteiger partial charge in [0.2, 0.25) is 5.88 Å². The summed E-state index contributed by atoms with van der Waals surface area (Å²) in [6.45, 7) is 4.88. The van der Waals surface area contributed by atoms with Gasteiger partial charge < -0.3 is 10.1 Å². The first kappa shape index (κ1) is 21.4. The van der Waals surface area contributed by atoms with Crippen LogP contribution in [0.15, 0.2) is 36.5 Å². The third-order valence-corrected chi connectivity index (χ3v) is 5.09. The van der Waals surface area contributed by atoms with Crippen LogP contribution >= 0.6 is 0 Å². The summed E-state index contributed by atoms with van der Waals surface area (Å²) in [5.74, 6) is 6.25. The van der Waals surface area contributed by atoms with Crippen LogP contribution in [0, 0.1) is 24.7 Å². The van der Waals surface area contributed by atoms with E-state index in [9.17, 15) is 4.79 Å². The Hall–Kier alpha value is -3.28. The summed E-state index contributed by atoms with van der Waals surface area (Å²) in [7, 11) is 0. The molecule has 1 unspecified atom stereocenters. The fourth-order valence-corrected chi connectivity index (χ4v) is 3.48. The molecule has 1 N–H and O–H groups in total. The summed E-state index contributed by atoms with van der Waals surface area (Å²) in [5, 5.41) is 2.84. The van der Waals surface area contributed by atoms with Crippen LogP contribution in [-0.2, 0) is 13.0 Å². The number of rotatable bonds is 8. The number of unbranched alkanes of at least 4 members (excludes halogenated alkanes) is 1. The molecule has 0 spiro atoms. The number of pyridine rings is 1. The van der Waals surface area contributed by atoms with E-state index in [1.165, 1.54) is 17.3 Å². The van der Waals surface area contributed by atoms with Gasteiger partial charge in [-0.15, -0.1) is 24.7 Å². The fraction of sp³-hybridized carbons (Fsp3) is 0.360. The van der Waals surface area contributed by atoms with Gasteiger partial charge in [0, 0.05) is 44.2 Å². The summed E-state index contributed by atoms with van der Waals surface area (Å²) >= 11 is 0. The van der Waals surface area contributed by atoms with E-state index in [4.69, 9.17) is 17.6 Å². The topological polar surface area (TPSA) is 54.5 Å². The smallest absolute Gasteiger partial charge is 0.253 e. The van der Waals surface area contributed by atoms with Crippen LogP contribution in [0.3, 0.4) is 0 Å². The Balaban J connectivity index is 1.58. The lowest BCUT2D eigenvalue weighted by molar-refractivity contribution is 0.0940. The first-order valence-electron chi connectivity index (χ1n) is 10.2. The van der Waals surface area contributed by atoms with Gasteiger partial charge in [-0.3, -0.25) is 9.69 Å². The maximum Gasteiger partial charge on any atom is 0.253 e. The van der Waals surface area contributed by atoms with Crippen LogP contribution in [0.2, 0.25) is 0 Å². The van der Waals surface area contributed by atoms with Gasteiger partial charge in [-0.05, 0) is 55.6 Å². The summed E-state index contributed by atoms with van der Waals surface area (Å²) < 4.78 is 5.90. The van der Waals surface area contributed by atoms with Gasteiger partial charge in [0.05, 0.1) is 5.56 Å². The number of nitrogens with zero attached hydrogens (tertiary/aromatic N) is 2. The molecule has 0 saturated carbocycles. The molecule has 2 heterocycles. The Morgan fingerprint density at radius 2 is 2.13 bits per heavy atom. The predicted octanol–water partition coefficient (Wildman–Crippen LogP) is 3.79. The zero-order chi connectivity index (χ0) is 21.3. The van der Waals surface area contributed by atoms with E-state index in [-0.39, 0.29) is 11.9 Å². The lowest BCUT2D eigenvalue weighted by atomic mass is 9.99. The predicted molar refractivity (Wildman–Crippen MR) is 118 cm³/mol. The highest BCUT2D eigenvalue weighted by Gasteiger charge is 2.17. The van der Waals surface area contributed by atoms with E-state index in [1.807, 2.05) is 13.0 Å². The van der Waals surface area contributed by atoms with Gasteiger partial charge in [-0.1, -0.05) is 6.07 Å². The minimum absolute atomic E-state index is 0.0813. The molecule has 30 heavy (non-hydrogen) atoms. The van der Waals surface area contributed by atoms with E-state index >= 15 is 0 Å². The molecule has 0 aliphatic carbocycles. The highest BCUT2D eigenvalue weighted by Crippen LogP contribution is 2.26. The molecule has 1 aliphatic rings. The highest BCUT2D eigenvalue weighted by molar-refractivity contribution is 5.94. The molecule has 1 amide bonds. The Bertz CT molecular complexity index is 954. The minimum atomic E-state index is -0.197. The number of fused-ring (bicyclic) bond motifs is 1. The molecule has 154 valence electrons. The van der Waals surface area contributed by atoms with Gasteiger partial charge in [0.15, 0.2) is 0 Å². The normalized spacial score (nSPS) is 14.1. The first-order chi connectivity index (χ1) is 14.6. The number of aromatic nitrogens is 1. The second kappa shape index (κ2) is 10.5. The van der Waals surface area contributed by atoms with Crippen molar-refractivity contribution in [3.8, 4) is 36.3 Å². The number of amides is 1. The number of carbonyl (C=O) groups excluding carboxylic acids is 1. The Morgan fingerprint density at radius 3 is 2.87 bits per heavy atom. The van der Waals surface area contributed by atoms with E-state index in [0.29, 0.717) is 17.9 Å². The largest absolute Gasteiger partial charge is 0.439 e. The van der Waals surface area contributed by atoms with Crippen LogP contribution in [0.25, 0.3) is 0 Å². The van der Waals surface area contributed by atoms with E-state index in [0.717, 1.165) is 44.6 Å². The Labute approximate surface area is 178 Å². The van der Waals surface area contributed by atoms with Crippen molar-refractivity contribution in [2.45, 2.75) is 45.2 Å².